The Kier molecular flexibility index (Phi) is 7.44. The third-order valence-corrected chi connectivity index (χ3v) is 4.88. The van der Waals surface area contributed by atoms with Gasteiger partial charge in [-0.05, 0) is 50.1 Å². The van der Waals surface area contributed by atoms with E-state index in [0.717, 1.165) is 11.3 Å². The van der Waals surface area contributed by atoms with Crippen molar-refractivity contribution in [1.29, 1.82) is 0 Å². The fraction of sp³-hybridized carbons (Fsp3) is 0.316. The van der Waals surface area contributed by atoms with Crippen molar-refractivity contribution >= 4 is 46.5 Å². The van der Waals surface area contributed by atoms with Crippen molar-refractivity contribution in [1.82, 2.24) is 4.90 Å². The largest absolute Gasteiger partial charge is 0.497 e. The molecule has 1 unspecified atom stereocenters. The lowest BCUT2D eigenvalue weighted by Crippen LogP contribution is -2.42. The van der Waals surface area contributed by atoms with E-state index < -0.39 is 0 Å². The predicted molar refractivity (Wildman–Crippen MR) is 109 cm³/mol. The van der Waals surface area contributed by atoms with Crippen LogP contribution in [0, 0.1) is 0 Å². The molecule has 0 fully saturated rings. The van der Waals surface area contributed by atoms with Crippen molar-refractivity contribution in [2.45, 2.75) is 26.3 Å². The zero-order valence-electron chi connectivity index (χ0n) is 14.9. The summed E-state index contributed by atoms with van der Waals surface area (Å²) in [6.45, 7) is 4.47. The molecule has 0 aliphatic rings. The zero-order chi connectivity index (χ0) is 19.3. The number of carbonyl (C=O) groups is 1. The fourth-order valence-electron chi connectivity index (χ4n) is 2.71. The molecule has 1 N–H and O–H groups in total. The van der Waals surface area contributed by atoms with Gasteiger partial charge in [0.05, 0.1) is 22.8 Å². The van der Waals surface area contributed by atoms with Crippen LogP contribution in [0.2, 0.25) is 15.1 Å². The maximum atomic E-state index is 12.7. The number of anilines is 1. The van der Waals surface area contributed by atoms with E-state index in [9.17, 15) is 4.79 Å². The summed E-state index contributed by atoms with van der Waals surface area (Å²) in [7, 11) is 1.63. The molecule has 0 saturated heterocycles. The number of urea groups is 1. The molecule has 0 bridgehead atoms. The normalized spacial score (nSPS) is 11.8. The van der Waals surface area contributed by atoms with Gasteiger partial charge in [0.2, 0.25) is 0 Å². The number of likely N-dealkylation sites (N-methyl/N-ethyl adjacent to an activating group) is 1. The average Bonchev–Trinajstić information content (AvgIpc) is 2.59. The topological polar surface area (TPSA) is 41.6 Å². The molecule has 140 valence electrons. The van der Waals surface area contributed by atoms with Gasteiger partial charge in [0.1, 0.15) is 5.75 Å². The van der Waals surface area contributed by atoms with Gasteiger partial charge in [0.25, 0.3) is 0 Å². The smallest absolute Gasteiger partial charge is 0.322 e. The number of benzene rings is 2. The molecule has 0 aromatic heterocycles. The third kappa shape index (κ3) is 5.19. The molecule has 4 nitrogen and oxygen atoms in total. The van der Waals surface area contributed by atoms with Crippen LogP contribution in [0.1, 0.15) is 19.4 Å². The highest BCUT2D eigenvalue weighted by molar-refractivity contribution is 6.42. The third-order valence-electron chi connectivity index (χ3n) is 4.06. The molecule has 0 aliphatic heterocycles. The van der Waals surface area contributed by atoms with E-state index in [1.165, 1.54) is 0 Å². The molecular weight excluding hydrogens is 395 g/mol. The predicted octanol–water partition coefficient (Wildman–Crippen LogP) is 6.14. The van der Waals surface area contributed by atoms with Crippen molar-refractivity contribution < 1.29 is 9.53 Å². The minimum absolute atomic E-state index is 0.0155. The molecule has 7 heteroatoms. The Morgan fingerprint density at radius 1 is 1.15 bits per heavy atom. The van der Waals surface area contributed by atoms with Crippen LogP contribution in [-0.4, -0.2) is 30.6 Å². The average molecular weight is 416 g/mol. The first kappa shape index (κ1) is 20.7. The number of methoxy groups -OCH3 is 1. The van der Waals surface area contributed by atoms with Crippen molar-refractivity contribution in [3.63, 3.8) is 0 Å². The van der Waals surface area contributed by atoms with E-state index in [1.807, 2.05) is 38.1 Å². The van der Waals surface area contributed by atoms with Gasteiger partial charge in [-0.1, -0.05) is 46.9 Å². The van der Waals surface area contributed by atoms with E-state index in [0.29, 0.717) is 33.7 Å². The maximum absolute atomic E-state index is 12.7. The summed E-state index contributed by atoms with van der Waals surface area (Å²) in [6, 6.07) is 10.6. The number of ether oxygens (including phenoxy) is 1. The van der Waals surface area contributed by atoms with E-state index >= 15 is 0 Å². The SMILES string of the molecule is CCN(C(=O)Nc1c(Cl)cc(Cl)cc1Cl)C(C)Cc1ccc(OC)cc1. The summed E-state index contributed by atoms with van der Waals surface area (Å²) in [5, 5.41) is 3.80. The number of rotatable bonds is 6. The van der Waals surface area contributed by atoms with Gasteiger partial charge in [0, 0.05) is 17.6 Å². The lowest BCUT2D eigenvalue weighted by Gasteiger charge is -2.28. The molecule has 1 atom stereocenters. The van der Waals surface area contributed by atoms with E-state index in [1.54, 1.807) is 24.1 Å². The summed E-state index contributed by atoms with van der Waals surface area (Å²) in [4.78, 5) is 14.4. The lowest BCUT2D eigenvalue weighted by atomic mass is 10.1. The first-order valence-corrected chi connectivity index (χ1v) is 9.34. The standard InChI is InChI=1S/C19H21Cl3N2O2/c1-4-24(12(2)9-13-5-7-15(26-3)8-6-13)19(25)23-18-16(21)10-14(20)11-17(18)22/h5-8,10-12H,4,9H2,1-3H3,(H,23,25). The van der Waals surface area contributed by atoms with Gasteiger partial charge in [0.15, 0.2) is 0 Å². The minimum atomic E-state index is -0.264. The quantitative estimate of drug-likeness (QED) is 0.615. The highest BCUT2D eigenvalue weighted by atomic mass is 35.5. The molecule has 2 aromatic carbocycles. The number of hydrogen-bond donors (Lipinski definition) is 1. The second-order valence-corrected chi connectivity index (χ2v) is 7.11. The van der Waals surface area contributed by atoms with Gasteiger partial charge >= 0.3 is 6.03 Å². The van der Waals surface area contributed by atoms with Crippen LogP contribution in [0.4, 0.5) is 10.5 Å². The Morgan fingerprint density at radius 2 is 1.73 bits per heavy atom. The molecule has 0 saturated carbocycles. The summed E-state index contributed by atoms with van der Waals surface area (Å²) >= 11 is 18.2. The highest BCUT2D eigenvalue weighted by Crippen LogP contribution is 2.34. The van der Waals surface area contributed by atoms with Crippen LogP contribution in [-0.2, 0) is 6.42 Å². The number of nitrogens with one attached hydrogen (secondary N) is 1. The van der Waals surface area contributed by atoms with Gasteiger partial charge in [-0.2, -0.15) is 0 Å². The van der Waals surface area contributed by atoms with Crippen LogP contribution >= 0.6 is 34.8 Å². The van der Waals surface area contributed by atoms with Crippen LogP contribution in [0.5, 0.6) is 5.75 Å². The van der Waals surface area contributed by atoms with Crippen molar-refractivity contribution in [2.75, 3.05) is 19.0 Å². The molecule has 2 rings (SSSR count). The van der Waals surface area contributed by atoms with Crippen LogP contribution < -0.4 is 10.1 Å². The van der Waals surface area contributed by atoms with Gasteiger partial charge in [-0.3, -0.25) is 0 Å². The molecule has 0 spiro atoms. The number of carbonyl (C=O) groups excluding carboxylic acids is 1. The maximum Gasteiger partial charge on any atom is 0.322 e. The van der Waals surface area contributed by atoms with Gasteiger partial charge in [-0.15, -0.1) is 0 Å². The first-order valence-electron chi connectivity index (χ1n) is 8.20. The van der Waals surface area contributed by atoms with E-state index in [4.69, 9.17) is 39.5 Å². The van der Waals surface area contributed by atoms with Gasteiger partial charge < -0.3 is 15.0 Å². The summed E-state index contributed by atoms with van der Waals surface area (Å²) < 4.78 is 5.17. The number of halogens is 3. The van der Waals surface area contributed by atoms with Crippen LogP contribution in [0.25, 0.3) is 0 Å². The molecule has 0 radical (unpaired) electrons. The fourth-order valence-corrected chi connectivity index (χ4v) is 3.62. The molecule has 2 aromatic rings. The van der Waals surface area contributed by atoms with Crippen molar-refractivity contribution in [2.24, 2.45) is 0 Å². The summed E-state index contributed by atoms with van der Waals surface area (Å²) in [5.41, 5.74) is 1.48. The van der Waals surface area contributed by atoms with Crippen LogP contribution in [0.15, 0.2) is 36.4 Å². The molecule has 0 heterocycles. The van der Waals surface area contributed by atoms with Crippen molar-refractivity contribution in [3.8, 4) is 5.75 Å². The molecule has 2 amide bonds. The Hall–Kier alpha value is -1.62. The molecular formula is C19H21Cl3N2O2. The lowest BCUT2D eigenvalue weighted by molar-refractivity contribution is 0.196. The Balaban J connectivity index is 2.09. The number of nitrogens with zero attached hydrogens (tertiary/aromatic N) is 1. The summed E-state index contributed by atoms with van der Waals surface area (Å²) in [6.07, 6.45) is 0.716. The monoisotopic (exact) mass is 414 g/mol. The first-order chi connectivity index (χ1) is 12.3. The van der Waals surface area contributed by atoms with Gasteiger partial charge in [-0.25, -0.2) is 4.79 Å². The minimum Gasteiger partial charge on any atom is -0.497 e. The Labute approximate surface area is 169 Å². The Bertz CT molecular complexity index is 743. The zero-order valence-corrected chi connectivity index (χ0v) is 17.1. The van der Waals surface area contributed by atoms with Crippen LogP contribution in [0.3, 0.4) is 0 Å². The second kappa shape index (κ2) is 9.36. The highest BCUT2D eigenvalue weighted by Gasteiger charge is 2.21. The number of hydrogen-bond acceptors (Lipinski definition) is 2. The molecule has 26 heavy (non-hydrogen) atoms. The molecule has 0 aliphatic carbocycles. The summed E-state index contributed by atoms with van der Waals surface area (Å²) in [5.74, 6) is 0.804. The van der Waals surface area contributed by atoms with E-state index in [2.05, 4.69) is 5.32 Å². The Morgan fingerprint density at radius 3 is 2.23 bits per heavy atom. The second-order valence-electron chi connectivity index (χ2n) is 5.86. The van der Waals surface area contributed by atoms with E-state index in [-0.39, 0.29) is 12.1 Å². The van der Waals surface area contributed by atoms with Crippen molar-refractivity contribution in [3.05, 3.63) is 57.0 Å². The number of amides is 2.